The van der Waals surface area contributed by atoms with E-state index in [1.54, 1.807) is 0 Å². The lowest BCUT2D eigenvalue weighted by Gasteiger charge is -2.37. The third kappa shape index (κ3) is 2.80. The van der Waals surface area contributed by atoms with E-state index >= 15 is 0 Å². The number of aliphatic hydroxyl groups excluding tert-OH is 1. The summed E-state index contributed by atoms with van der Waals surface area (Å²) in [7, 11) is 0. The smallest absolute Gasteiger partial charge is 0.410 e. The van der Waals surface area contributed by atoms with Crippen LogP contribution in [0.3, 0.4) is 0 Å². The molecule has 1 unspecified atom stereocenters. The van der Waals surface area contributed by atoms with Crippen molar-refractivity contribution in [3.63, 3.8) is 0 Å². The van der Waals surface area contributed by atoms with E-state index in [1.165, 1.54) is 0 Å². The summed E-state index contributed by atoms with van der Waals surface area (Å²) >= 11 is 0. The molecule has 1 aliphatic carbocycles. The number of amides is 1. The predicted octanol–water partition coefficient (Wildman–Crippen LogP) is 3.04. The number of aliphatic hydroxyl groups is 1. The van der Waals surface area contributed by atoms with Gasteiger partial charge in [0.05, 0.1) is 0 Å². The van der Waals surface area contributed by atoms with E-state index in [9.17, 15) is 9.90 Å². The van der Waals surface area contributed by atoms with Crippen molar-refractivity contribution in [3.05, 3.63) is 0 Å². The Labute approximate surface area is 122 Å². The van der Waals surface area contributed by atoms with Crippen molar-refractivity contribution in [2.24, 2.45) is 16.7 Å². The SMILES string of the molecule is CC(C)(C)OC(=O)N1CCC(C2(CO)CC2(C)C)CC1. The van der Waals surface area contributed by atoms with Gasteiger partial charge >= 0.3 is 6.09 Å². The standard InChI is InChI=1S/C16H29NO3/c1-14(2,3)20-13(19)17-8-6-12(7-9-17)16(11-18)10-15(16,4)5/h12,18H,6-11H2,1-5H3. The largest absolute Gasteiger partial charge is 0.444 e. The molecule has 4 heteroatoms. The Morgan fingerprint density at radius 1 is 1.30 bits per heavy atom. The van der Waals surface area contributed by atoms with Crippen LogP contribution in [-0.2, 0) is 4.74 Å². The fraction of sp³-hybridized carbons (Fsp3) is 0.938. The zero-order chi connectivity index (χ0) is 15.2. The summed E-state index contributed by atoms with van der Waals surface area (Å²) in [5, 5.41) is 9.77. The zero-order valence-corrected chi connectivity index (χ0v) is 13.5. The van der Waals surface area contributed by atoms with Gasteiger partial charge in [-0.05, 0) is 51.4 Å². The van der Waals surface area contributed by atoms with Crippen molar-refractivity contribution in [2.45, 2.75) is 59.5 Å². The Hall–Kier alpha value is -0.770. The van der Waals surface area contributed by atoms with Crippen molar-refractivity contribution in [1.29, 1.82) is 0 Å². The lowest BCUT2D eigenvalue weighted by atomic mass is 9.77. The second-order valence-electron chi connectivity index (χ2n) is 8.12. The number of nitrogens with zero attached hydrogens (tertiary/aromatic N) is 1. The number of ether oxygens (including phenoxy) is 1. The minimum atomic E-state index is -0.432. The van der Waals surface area contributed by atoms with E-state index in [4.69, 9.17) is 4.74 Å². The third-order valence-electron chi connectivity index (χ3n) is 5.19. The molecule has 0 radical (unpaired) electrons. The summed E-state index contributed by atoms with van der Waals surface area (Å²) < 4.78 is 5.42. The summed E-state index contributed by atoms with van der Waals surface area (Å²) in [4.78, 5) is 13.8. The molecular formula is C16H29NO3. The summed E-state index contributed by atoms with van der Waals surface area (Å²) in [6.07, 6.45) is 2.85. The molecule has 2 fully saturated rings. The molecule has 1 aliphatic heterocycles. The zero-order valence-electron chi connectivity index (χ0n) is 13.5. The van der Waals surface area contributed by atoms with Gasteiger partial charge in [0.15, 0.2) is 0 Å². The molecule has 1 saturated carbocycles. The molecule has 0 spiro atoms. The third-order valence-corrected chi connectivity index (χ3v) is 5.19. The quantitative estimate of drug-likeness (QED) is 0.847. The van der Waals surface area contributed by atoms with Gasteiger partial charge in [-0.25, -0.2) is 4.79 Å². The molecule has 1 atom stereocenters. The van der Waals surface area contributed by atoms with Crippen LogP contribution in [0.15, 0.2) is 0 Å². The average molecular weight is 283 g/mol. The lowest BCUT2D eigenvalue weighted by Crippen LogP contribution is -2.44. The van der Waals surface area contributed by atoms with Crippen LogP contribution in [0.4, 0.5) is 4.79 Å². The van der Waals surface area contributed by atoms with Gasteiger partial charge in [0.2, 0.25) is 0 Å². The van der Waals surface area contributed by atoms with Gasteiger partial charge < -0.3 is 14.7 Å². The number of carbonyl (C=O) groups excluding carboxylic acids is 1. The maximum Gasteiger partial charge on any atom is 0.410 e. The van der Waals surface area contributed by atoms with Crippen molar-refractivity contribution < 1.29 is 14.6 Å². The van der Waals surface area contributed by atoms with Gasteiger partial charge in [-0.3, -0.25) is 0 Å². The van der Waals surface area contributed by atoms with Gasteiger partial charge in [-0.1, -0.05) is 13.8 Å². The van der Waals surface area contributed by atoms with E-state index in [0.717, 1.165) is 32.4 Å². The van der Waals surface area contributed by atoms with Crippen LogP contribution in [0.2, 0.25) is 0 Å². The van der Waals surface area contributed by atoms with E-state index < -0.39 is 5.60 Å². The first kappa shape index (κ1) is 15.6. The Balaban J connectivity index is 1.89. The summed E-state index contributed by atoms with van der Waals surface area (Å²) in [5.74, 6) is 0.529. The Morgan fingerprint density at radius 3 is 2.15 bits per heavy atom. The van der Waals surface area contributed by atoms with Crippen molar-refractivity contribution in [2.75, 3.05) is 19.7 Å². The van der Waals surface area contributed by atoms with Crippen molar-refractivity contribution in [1.82, 2.24) is 4.90 Å². The Bertz CT molecular complexity index is 378. The normalized spacial score (nSPS) is 30.2. The highest BCUT2D eigenvalue weighted by Crippen LogP contribution is 2.68. The van der Waals surface area contributed by atoms with E-state index in [2.05, 4.69) is 13.8 Å². The molecule has 1 amide bonds. The highest BCUT2D eigenvalue weighted by Gasteiger charge is 2.64. The van der Waals surface area contributed by atoms with Crippen LogP contribution < -0.4 is 0 Å². The molecule has 116 valence electrons. The molecule has 0 aromatic heterocycles. The number of hydrogen-bond acceptors (Lipinski definition) is 3. The topological polar surface area (TPSA) is 49.8 Å². The van der Waals surface area contributed by atoms with Crippen LogP contribution in [-0.4, -0.2) is 41.4 Å². The molecule has 4 nitrogen and oxygen atoms in total. The van der Waals surface area contributed by atoms with Crippen LogP contribution in [0.5, 0.6) is 0 Å². The molecule has 1 N–H and O–H groups in total. The molecule has 20 heavy (non-hydrogen) atoms. The molecule has 0 bridgehead atoms. The van der Waals surface area contributed by atoms with Gasteiger partial charge in [-0.2, -0.15) is 0 Å². The van der Waals surface area contributed by atoms with E-state index in [1.807, 2.05) is 25.7 Å². The molecule has 0 aromatic carbocycles. The molecule has 2 aliphatic rings. The van der Waals surface area contributed by atoms with Crippen LogP contribution in [0.25, 0.3) is 0 Å². The number of piperidine rings is 1. The highest BCUT2D eigenvalue weighted by atomic mass is 16.6. The summed E-state index contributed by atoms with van der Waals surface area (Å²) in [6.45, 7) is 11.9. The minimum Gasteiger partial charge on any atom is -0.444 e. The monoisotopic (exact) mass is 283 g/mol. The maximum atomic E-state index is 12.0. The molecule has 2 rings (SSSR count). The van der Waals surface area contributed by atoms with Gasteiger partial charge in [0.1, 0.15) is 5.60 Å². The number of hydrogen-bond donors (Lipinski definition) is 1. The fourth-order valence-electron chi connectivity index (χ4n) is 3.78. The van der Waals surface area contributed by atoms with Gasteiger partial charge in [0, 0.05) is 25.1 Å². The van der Waals surface area contributed by atoms with Crippen LogP contribution in [0, 0.1) is 16.7 Å². The fourth-order valence-corrected chi connectivity index (χ4v) is 3.78. The lowest BCUT2D eigenvalue weighted by molar-refractivity contribution is 0.00977. The Kier molecular flexibility index (Phi) is 3.83. The summed E-state index contributed by atoms with van der Waals surface area (Å²) in [5.41, 5.74) is -0.0910. The van der Waals surface area contributed by atoms with Gasteiger partial charge in [0.25, 0.3) is 0 Å². The first-order valence-electron chi connectivity index (χ1n) is 7.70. The van der Waals surface area contributed by atoms with E-state index in [-0.39, 0.29) is 23.5 Å². The maximum absolute atomic E-state index is 12.0. The molecule has 1 saturated heterocycles. The number of carbonyl (C=O) groups is 1. The summed E-state index contributed by atoms with van der Waals surface area (Å²) in [6, 6.07) is 0. The van der Waals surface area contributed by atoms with Crippen molar-refractivity contribution >= 4 is 6.09 Å². The first-order chi connectivity index (χ1) is 9.11. The number of rotatable bonds is 2. The number of likely N-dealkylation sites (tertiary alicyclic amines) is 1. The molecule has 1 heterocycles. The van der Waals surface area contributed by atoms with Crippen LogP contribution in [0.1, 0.15) is 53.9 Å². The second-order valence-corrected chi connectivity index (χ2v) is 8.12. The average Bonchev–Trinajstić information content (AvgIpc) is 2.91. The van der Waals surface area contributed by atoms with Crippen molar-refractivity contribution in [3.8, 4) is 0 Å². The molecule has 0 aromatic rings. The predicted molar refractivity (Wildman–Crippen MR) is 78.4 cm³/mol. The van der Waals surface area contributed by atoms with Gasteiger partial charge in [-0.15, -0.1) is 0 Å². The Morgan fingerprint density at radius 2 is 1.80 bits per heavy atom. The highest BCUT2D eigenvalue weighted by molar-refractivity contribution is 5.68. The first-order valence-corrected chi connectivity index (χ1v) is 7.70. The van der Waals surface area contributed by atoms with Crippen LogP contribution >= 0.6 is 0 Å². The molecular weight excluding hydrogens is 254 g/mol. The second kappa shape index (κ2) is 4.90. The van der Waals surface area contributed by atoms with E-state index in [0.29, 0.717) is 5.92 Å². The minimum absolute atomic E-state index is 0.0903.